The van der Waals surface area contributed by atoms with E-state index in [1.165, 1.54) is 0 Å². The first-order chi connectivity index (χ1) is 11.4. The highest BCUT2D eigenvalue weighted by Gasteiger charge is 2.23. The zero-order valence-corrected chi connectivity index (χ0v) is 15.9. The Balaban J connectivity index is 0.00000312. The van der Waals surface area contributed by atoms with Gasteiger partial charge < -0.3 is 15.8 Å². The van der Waals surface area contributed by atoms with Crippen molar-refractivity contribution in [2.24, 2.45) is 5.73 Å². The van der Waals surface area contributed by atoms with Crippen LogP contribution in [0.5, 0.6) is 5.75 Å². The average Bonchev–Trinajstić information content (AvgIpc) is 3.01. The number of nitrogens with one attached hydrogen (secondary N) is 1. The van der Waals surface area contributed by atoms with Crippen molar-refractivity contribution in [2.75, 3.05) is 13.7 Å². The number of hydrogen-bond donors (Lipinski definition) is 2. The second-order valence-electron chi connectivity index (χ2n) is 5.89. The molecular weight excluding hydrogens is 342 g/mol. The molecule has 7 nitrogen and oxygen atoms in total. The molecule has 25 heavy (non-hydrogen) atoms. The van der Waals surface area contributed by atoms with Crippen LogP contribution in [0.2, 0.25) is 0 Å². The number of methoxy groups -OCH3 is 1. The van der Waals surface area contributed by atoms with E-state index in [1.54, 1.807) is 11.8 Å². The second kappa shape index (κ2) is 8.82. The number of benzene rings is 1. The Morgan fingerprint density at radius 3 is 2.40 bits per heavy atom. The van der Waals surface area contributed by atoms with Crippen molar-refractivity contribution in [3.8, 4) is 11.4 Å². The van der Waals surface area contributed by atoms with Gasteiger partial charge in [0.05, 0.1) is 18.5 Å². The van der Waals surface area contributed by atoms with Crippen LogP contribution >= 0.6 is 12.4 Å². The molecule has 3 N–H and O–H groups in total. The Hall–Kier alpha value is -2.12. The highest BCUT2D eigenvalue weighted by atomic mass is 35.5. The van der Waals surface area contributed by atoms with Crippen LogP contribution in [0.1, 0.15) is 42.9 Å². The summed E-state index contributed by atoms with van der Waals surface area (Å²) in [6, 6.07) is 7.39. The third-order valence-electron chi connectivity index (χ3n) is 4.44. The van der Waals surface area contributed by atoms with Crippen LogP contribution in [0, 0.1) is 6.92 Å². The molecule has 0 fully saturated rings. The predicted octanol–water partition coefficient (Wildman–Crippen LogP) is 2.25. The molecule has 0 spiro atoms. The van der Waals surface area contributed by atoms with E-state index in [9.17, 15) is 4.79 Å². The van der Waals surface area contributed by atoms with Gasteiger partial charge in [0.1, 0.15) is 5.75 Å². The van der Waals surface area contributed by atoms with Crippen LogP contribution in [0.3, 0.4) is 0 Å². The van der Waals surface area contributed by atoms with Gasteiger partial charge in [-0.3, -0.25) is 4.79 Å². The monoisotopic (exact) mass is 367 g/mol. The van der Waals surface area contributed by atoms with E-state index in [1.807, 2.05) is 45.0 Å². The van der Waals surface area contributed by atoms with Crippen molar-refractivity contribution in [1.82, 2.24) is 20.3 Å². The number of ether oxygens (including phenoxy) is 1. The Kier molecular flexibility index (Phi) is 7.38. The highest BCUT2D eigenvalue weighted by Crippen LogP contribution is 2.17. The first kappa shape index (κ1) is 20.9. The van der Waals surface area contributed by atoms with E-state index in [0.29, 0.717) is 17.9 Å². The molecule has 0 atom stereocenters. The molecule has 1 aromatic carbocycles. The molecule has 0 saturated carbocycles. The fourth-order valence-corrected chi connectivity index (χ4v) is 2.35. The molecule has 0 aliphatic rings. The molecule has 138 valence electrons. The molecule has 1 heterocycles. The van der Waals surface area contributed by atoms with Gasteiger partial charge in [0, 0.05) is 12.1 Å². The molecule has 1 amide bonds. The SMILES string of the molecule is CCC(N)(CC)CNC(=O)c1nnn(-c2ccc(OC)cc2)c1C.Cl. The lowest BCUT2D eigenvalue weighted by molar-refractivity contribution is 0.0936. The van der Waals surface area contributed by atoms with E-state index < -0.39 is 5.54 Å². The molecule has 0 radical (unpaired) electrons. The van der Waals surface area contributed by atoms with Gasteiger partial charge in [-0.15, -0.1) is 17.5 Å². The summed E-state index contributed by atoms with van der Waals surface area (Å²) in [5.74, 6) is 0.497. The van der Waals surface area contributed by atoms with Crippen molar-refractivity contribution in [3.63, 3.8) is 0 Å². The Labute approximate surface area is 154 Å². The van der Waals surface area contributed by atoms with Gasteiger partial charge in [0.15, 0.2) is 5.69 Å². The molecule has 0 saturated heterocycles. The fourth-order valence-electron chi connectivity index (χ4n) is 2.35. The summed E-state index contributed by atoms with van der Waals surface area (Å²) in [6.07, 6.45) is 1.59. The quantitative estimate of drug-likeness (QED) is 0.782. The number of nitrogens with zero attached hydrogens (tertiary/aromatic N) is 3. The number of carbonyl (C=O) groups is 1. The summed E-state index contributed by atoms with van der Waals surface area (Å²) in [5.41, 5.74) is 7.62. The van der Waals surface area contributed by atoms with E-state index >= 15 is 0 Å². The van der Waals surface area contributed by atoms with Crippen LogP contribution in [-0.2, 0) is 0 Å². The standard InChI is InChI=1S/C17H25N5O2.ClH/c1-5-17(18,6-2)11-19-16(23)15-12(3)22(21-20-15)13-7-9-14(24-4)10-8-13;/h7-10H,5-6,11,18H2,1-4H3,(H,19,23);1H. The third-order valence-corrected chi connectivity index (χ3v) is 4.44. The molecule has 0 unspecified atom stereocenters. The van der Waals surface area contributed by atoms with E-state index in [4.69, 9.17) is 10.5 Å². The summed E-state index contributed by atoms with van der Waals surface area (Å²) in [7, 11) is 1.61. The topological polar surface area (TPSA) is 95.1 Å². The first-order valence-corrected chi connectivity index (χ1v) is 8.08. The molecule has 0 aliphatic heterocycles. The maximum Gasteiger partial charge on any atom is 0.273 e. The number of hydrogen-bond acceptors (Lipinski definition) is 5. The van der Waals surface area contributed by atoms with E-state index in [0.717, 1.165) is 24.3 Å². The summed E-state index contributed by atoms with van der Waals surface area (Å²) in [4.78, 5) is 12.4. The van der Waals surface area contributed by atoms with Crippen LogP contribution < -0.4 is 15.8 Å². The van der Waals surface area contributed by atoms with Gasteiger partial charge >= 0.3 is 0 Å². The number of amides is 1. The minimum atomic E-state index is -0.393. The summed E-state index contributed by atoms with van der Waals surface area (Å²) >= 11 is 0. The Bertz CT molecular complexity index is 696. The Morgan fingerprint density at radius 1 is 1.28 bits per heavy atom. The lowest BCUT2D eigenvalue weighted by Gasteiger charge is -2.26. The number of aromatic nitrogens is 3. The molecule has 1 aromatic heterocycles. The van der Waals surface area contributed by atoms with Gasteiger partial charge in [-0.05, 0) is 44.0 Å². The van der Waals surface area contributed by atoms with Crippen molar-refractivity contribution in [3.05, 3.63) is 35.7 Å². The normalized spacial score (nSPS) is 10.9. The number of nitrogens with two attached hydrogens (primary N) is 1. The first-order valence-electron chi connectivity index (χ1n) is 8.08. The van der Waals surface area contributed by atoms with Crippen LogP contribution in [0.15, 0.2) is 24.3 Å². The number of carbonyl (C=O) groups excluding carboxylic acids is 1. The third kappa shape index (κ3) is 4.70. The smallest absolute Gasteiger partial charge is 0.273 e. The number of halogens is 1. The van der Waals surface area contributed by atoms with Gasteiger partial charge in [-0.25, -0.2) is 4.68 Å². The van der Waals surface area contributed by atoms with Crippen molar-refractivity contribution in [1.29, 1.82) is 0 Å². The van der Waals surface area contributed by atoms with Crippen molar-refractivity contribution < 1.29 is 9.53 Å². The van der Waals surface area contributed by atoms with Crippen LogP contribution in [0.4, 0.5) is 0 Å². The largest absolute Gasteiger partial charge is 0.497 e. The van der Waals surface area contributed by atoms with Gasteiger partial charge in [0.25, 0.3) is 5.91 Å². The molecule has 2 rings (SSSR count). The van der Waals surface area contributed by atoms with Gasteiger partial charge in [0.2, 0.25) is 0 Å². The van der Waals surface area contributed by atoms with Gasteiger partial charge in [-0.1, -0.05) is 19.1 Å². The van der Waals surface area contributed by atoms with E-state index in [-0.39, 0.29) is 18.3 Å². The molecular formula is C17H26ClN5O2. The lowest BCUT2D eigenvalue weighted by Crippen LogP contribution is -2.49. The highest BCUT2D eigenvalue weighted by molar-refractivity contribution is 5.93. The number of rotatable bonds is 7. The molecule has 0 bridgehead atoms. The second-order valence-corrected chi connectivity index (χ2v) is 5.89. The average molecular weight is 368 g/mol. The zero-order chi connectivity index (χ0) is 17.7. The van der Waals surface area contributed by atoms with E-state index in [2.05, 4.69) is 15.6 Å². The van der Waals surface area contributed by atoms with Crippen molar-refractivity contribution in [2.45, 2.75) is 39.2 Å². The predicted molar refractivity (Wildman–Crippen MR) is 99.7 cm³/mol. The molecule has 8 heteroatoms. The van der Waals surface area contributed by atoms with Crippen LogP contribution in [-0.4, -0.2) is 40.1 Å². The maximum absolute atomic E-state index is 12.4. The molecule has 0 aliphatic carbocycles. The molecule has 2 aromatic rings. The minimum absolute atomic E-state index is 0. The van der Waals surface area contributed by atoms with Gasteiger partial charge in [-0.2, -0.15) is 0 Å². The lowest BCUT2D eigenvalue weighted by atomic mass is 9.94. The summed E-state index contributed by atoms with van der Waals surface area (Å²) in [6.45, 7) is 6.25. The Morgan fingerprint density at radius 2 is 1.88 bits per heavy atom. The minimum Gasteiger partial charge on any atom is -0.497 e. The zero-order valence-electron chi connectivity index (χ0n) is 15.1. The van der Waals surface area contributed by atoms with Crippen LogP contribution in [0.25, 0.3) is 5.69 Å². The summed E-state index contributed by atoms with van der Waals surface area (Å²) in [5, 5.41) is 11.0. The fraction of sp³-hybridized carbons (Fsp3) is 0.471. The maximum atomic E-state index is 12.4. The summed E-state index contributed by atoms with van der Waals surface area (Å²) < 4.78 is 6.77. The van der Waals surface area contributed by atoms with Crippen molar-refractivity contribution >= 4 is 18.3 Å².